The first kappa shape index (κ1) is 21.5. The molecule has 3 aromatic carbocycles. The molecule has 0 radical (unpaired) electrons. The van der Waals surface area contributed by atoms with Crippen molar-refractivity contribution in [1.29, 1.82) is 0 Å². The van der Waals surface area contributed by atoms with Gasteiger partial charge in [0.05, 0.1) is 16.8 Å². The van der Waals surface area contributed by atoms with Gasteiger partial charge >= 0.3 is 0 Å². The average molecular weight is 465 g/mol. The molecule has 0 amide bonds. The molecule has 0 bridgehead atoms. The second kappa shape index (κ2) is 10.0. The first-order valence-electron chi connectivity index (χ1n) is 9.54. The molecule has 4 aromatic rings. The number of nitro benzene ring substituents is 1. The molecule has 160 valence electrons. The number of anilines is 1. The van der Waals surface area contributed by atoms with Gasteiger partial charge in [0, 0.05) is 33.7 Å². The van der Waals surface area contributed by atoms with E-state index in [2.05, 4.69) is 15.5 Å². The Kier molecular flexibility index (Phi) is 6.74. The molecule has 32 heavy (non-hydrogen) atoms. The zero-order chi connectivity index (χ0) is 22.3. The summed E-state index contributed by atoms with van der Waals surface area (Å²) < 4.78 is 5.83. The van der Waals surface area contributed by atoms with Crippen molar-refractivity contribution in [2.24, 2.45) is 5.10 Å². The largest absolute Gasteiger partial charge is 0.489 e. The fourth-order valence-electron chi connectivity index (χ4n) is 2.86. The third-order valence-electron chi connectivity index (χ3n) is 4.44. The Hall–Kier alpha value is -3.75. The van der Waals surface area contributed by atoms with Crippen LogP contribution in [0, 0.1) is 10.1 Å². The summed E-state index contributed by atoms with van der Waals surface area (Å²) in [7, 11) is 0. The molecule has 1 heterocycles. The highest BCUT2D eigenvalue weighted by molar-refractivity contribution is 7.14. The highest BCUT2D eigenvalue weighted by Crippen LogP contribution is 2.27. The van der Waals surface area contributed by atoms with Crippen LogP contribution in [0.1, 0.15) is 11.1 Å². The van der Waals surface area contributed by atoms with Crippen molar-refractivity contribution in [3.8, 4) is 17.0 Å². The fraction of sp³-hybridized carbons (Fsp3) is 0.0435. The topological polar surface area (TPSA) is 89.7 Å². The van der Waals surface area contributed by atoms with Crippen LogP contribution in [0.25, 0.3) is 11.3 Å². The molecule has 0 saturated carbocycles. The first-order chi connectivity index (χ1) is 15.6. The van der Waals surface area contributed by atoms with Crippen LogP contribution in [-0.2, 0) is 6.61 Å². The number of nitrogens with one attached hydrogen (secondary N) is 1. The number of thiazole rings is 1. The Morgan fingerprint density at radius 3 is 2.81 bits per heavy atom. The number of non-ortho nitro benzene ring substituents is 1. The molecule has 0 aliphatic carbocycles. The van der Waals surface area contributed by atoms with E-state index in [4.69, 9.17) is 16.3 Å². The van der Waals surface area contributed by atoms with Crippen molar-refractivity contribution in [1.82, 2.24) is 4.98 Å². The van der Waals surface area contributed by atoms with E-state index in [1.807, 2.05) is 53.9 Å². The lowest BCUT2D eigenvalue weighted by atomic mass is 10.1. The molecular weight excluding hydrogens is 448 g/mol. The van der Waals surface area contributed by atoms with Gasteiger partial charge < -0.3 is 4.74 Å². The highest BCUT2D eigenvalue weighted by Gasteiger charge is 2.09. The number of aromatic nitrogens is 1. The summed E-state index contributed by atoms with van der Waals surface area (Å²) in [5, 5.41) is 18.3. The van der Waals surface area contributed by atoms with E-state index in [-0.39, 0.29) is 5.69 Å². The molecule has 0 spiro atoms. The second-order valence-electron chi connectivity index (χ2n) is 6.67. The smallest absolute Gasteiger partial charge is 0.270 e. The molecular formula is C23H17ClN4O3S. The molecule has 0 aliphatic heterocycles. The van der Waals surface area contributed by atoms with Gasteiger partial charge in [-0.05, 0) is 23.8 Å². The molecule has 4 rings (SSSR count). The maximum atomic E-state index is 11.0. The van der Waals surface area contributed by atoms with Gasteiger partial charge in [-0.25, -0.2) is 4.98 Å². The fourth-order valence-corrected chi connectivity index (χ4v) is 3.72. The van der Waals surface area contributed by atoms with E-state index in [1.165, 1.54) is 23.5 Å². The number of hydrazone groups is 1. The lowest BCUT2D eigenvalue weighted by Gasteiger charge is -2.08. The van der Waals surface area contributed by atoms with Gasteiger partial charge in [0.25, 0.3) is 5.69 Å². The lowest BCUT2D eigenvalue weighted by Crippen LogP contribution is -1.97. The molecule has 0 unspecified atom stereocenters. The molecule has 1 N–H and O–H groups in total. The maximum absolute atomic E-state index is 11.0. The minimum Gasteiger partial charge on any atom is -0.489 e. The van der Waals surface area contributed by atoms with Crippen LogP contribution in [0.15, 0.2) is 83.3 Å². The predicted octanol–water partition coefficient (Wildman–Crippen LogP) is 6.40. The van der Waals surface area contributed by atoms with E-state index in [0.717, 1.165) is 11.1 Å². The third-order valence-corrected chi connectivity index (χ3v) is 5.56. The van der Waals surface area contributed by atoms with Gasteiger partial charge in [-0.3, -0.25) is 15.5 Å². The summed E-state index contributed by atoms with van der Waals surface area (Å²) in [5.74, 6) is 0.705. The minimum absolute atomic E-state index is 0.0275. The van der Waals surface area contributed by atoms with E-state index in [0.29, 0.717) is 33.8 Å². The summed E-state index contributed by atoms with van der Waals surface area (Å²) in [6.45, 7) is 0.373. The molecule has 1 aromatic heterocycles. The van der Waals surface area contributed by atoms with Crippen LogP contribution in [0.4, 0.5) is 10.8 Å². The van der Waals surface area contributed by atoms with E-state index < -0.39 is 4.92 Å². The van der Waals surface area contributed by atoms with Crippen molar-refractivity contribution in [3.63, 3.8) is 0 Å². The van der Waals surface area contributed by atoms with Crippen LogP contribution in [-0.4, -0.2) is 16.1 Å². The zero-order valence-corrected chi connectivity index (χ0v) is 18.2. The summed E-state index contributed by atoms with van der Waals surface area (Å²) in [6.07, 6.45) is 1.66. The molecule has 0 atom stereocenters. The number of nitro groups is 1. The van der Waals surface area contributed by atoms with Gasteiger partial charge in [-0.2, -0.15) is 5.10 Å². The molecule has 0 fully saturated rings. The Bertz CT molecular complexity index is 1280. The van der Waals surface area contributed by atoms with Crippen molar-refractivity contribution >= 4 is 40.0 Å². The summed E-state index contributed by atoms with van der Waals surface area (Å²) in [6, 6.07) is 21.5. The molecule has 0 aliphatic rings. The predicted molar refractivity (Wildman–Crippen MR) is 128 cm³/mol. The number of ether oxygens (including phenoxy) is 1. The Balaban J connectivity index is 1.37. The SMILES string of the molecule is O=[N+]([O-])c1cccc(-c2csc(N/N=C\c3cccc(OCc4ccccc4Cl)c3)n2)c1. The van der Waals surface area contributed by atoms with E-state index in [1.54, 1.807) is 18.3 Å². The third kappa shape index (κ3) is 5.48. The number of nitrogens with zero attached hydrogens (tertiary/aromatic N) is 3. The molecule has 9 heteroatoms. The maximum Gasteiger partial charge on any atom is 0.270 e. The molecule has 7 nitrogen and oxygen atoms in total. The van der Waals surface area contributed by atoms with Crippen molar-refractivity contribution < 1.29 is 9.66 Å². The van der Waals surface area contributed by atoms with Gasteiger partial charge in [-0.15, -0.1) is 11.3 Å². The van der Waals surface area contributed by atoms with Crippen LogP contribution < -0.4 is 10.2 Å². The monoisotopic (exact) mass is 464 g/mol. The van der Waals surface area contributed by atoms with Gasteiger partial charge in [-0.1, -0.05) is 54.1 Å². The van der Waals surface area contributed by atoms with Gasteiger partial charge in [0.1, 0.15) is 12.4 Å². The van der Waals surface area contributed by atoms with Crippen LogP contribution in [0.2, 0.25) is 5.02 Å². The van der Waals surface area contributed by atoms with Crippen molar-refractivity contribution in [2.75, 3.05) is 5.43 Å². The van der Waals surface area contributed by atoms with E-state index in [9.17, 15) is 10.1 Å². The number of benzene rings is 3. The number of hydrogen-bond acceptors (Lipinski definition) is 7. The first-order valence-corrected chi connectivity index (χ1v) is 10.8. The second-order valence-corrected chi connectivity index (χ2v) is 7.93. The van der Waals surface area contributed by atoms with Crippen LogP contribution in [0.5, 0.6) is 5.75 Å². The van der Waals surface area contributed by atoms with Gasteiger partial charge in [0.2, 0.25) is 5.13 Å². The van der Waals surface area contributed by atoms with Gasteiger partial charge in [0.15, 0.2) is 0 Å². The number of halogens is 1. The summed E-state index contributed by atoms with van der Waals surface area (Å²) in [5.41, 5.74) is 6.01. The van der Waals surface area contributed by atoms with Crippen molar-refractivity contribution in [2.45, 2.75) is 6.61 Å². The van der Waals surface area contributed by atoms with E-state index >= 15 is 0 Å². The normalized spacial score (nSPS) is 10.9. The molecule has 0 saturated heterocycles. The average Bonchev–Trinajstić information content (AvgIpc) is 3.28. The summed E-state index contributed by atoms with van der Waals surface area (Å²) in [4.78, 5) is 15.0. The Morgan fingerprint density at radius 2 is 1.97 bits per heavy atom. The Morgan fingerprint density at radius 1 is 1.12 bits per heavy atom. The standard InChI is InChI=1S/C23H17ClN4O3S/c24-21-10-2-1-6-18(21)14-31-20-9-3-5-16(11-20)13-25-27-23-26-22(15-32-23)17-7-4-8-19(12-17)28(29)30/h1-13,15H,14H2,(H,26,27)/b25-13-. The minimum atomic E-state index is -0.425. The quantitative estimate of drug-likeness (QED) is 0.185. The Labute approximate surface area is 193 Å². The summed E-state index contributed by atoms with van der Waals surface area (Å²) >= 11 is 7.53. The van der Waals surface area contributed by atoms with Crippen LogP contribution >= 0.6 is 22.9 Å². The highest BCUT2D eigenvalue weighted by atomic mass is 35.5. The zero-order valence-electron chi connectivity index (χ0n) is 16.6. The van der Waals surface area contributed by atoms with Crippen molar-refractivity contribution in [3.05, 3.63) is 104 Å². The lowest BCUT2D eigenvalue weighted by molar-refractivity contribution is -0.384. The number of hydrogen-bond donors (Lipinski definition) is 1. The van der Waals surface area contributed by atoms with Crippen LogP contribution in [0.3, 0.4) is 0 Å². The number of rotatable bonds is 8.